The maximum atomic E-state index is 12.6. The van der Waals surface area contributed by atoms with Crippen LogP contribution in [0.5, 0.6) is 0 Å². The van der Waals surface area contributed by atoms with Crippen molar-refractivity contribution in [1.29, 1.82) is 0 Å². The Hall–Kier alpha value is -0.290. The second-order valence-electron chi connectivity index (χ2n) is 4.15. The van der Waals surface area contributed by atoms with Crippen molar-refractivity contribution in [2.75, 3.05) is 26.2 Å². The first-order chi connectivity index (χ1) is 6.41. The molecule has 1 aliphatic heterocycles. The summed E-state index contributed by atoms with van der Waals surface area (Å²) in [6.45, 7) is 5.56. The van der Waals surface area contributed by atoms with E-state index in [2.05, 4.69) is 5.32 Å². The van der Waals surface area contributed by atoms with Crippen LogP contribution in [0.25, 0.3) is 0 Å². The van der Waals surface area contributed by atoms with E-state index in [0.717, 1.165) is 0 Å². The van der Waals surface area contributed by atoms with Gasteiger partial charge >= 0.3 is 6.18 Å². The third-order valence-corrected chi connectivity index (χ3v) is 2.33. The highest BCUT2D eigenvalue weighted by atomic mass is 19.4. The monoisotopic (exact) mass is 210 g/mol. The number of piperazine rings is 1. The van der Waals surface area contributed by atoms with Crippen molar-refractivity contribution >= 4 is 0 Å². The van der Waals surface area contributed by atoms with Gasteiger partial charge < -0.3 is 5.32 Å². The van der Waals surface area contributed by atoms with E-state index in [-0.39, 0.29) is 12.5 Å². The van der Waals surface area contributed by atoms with Gasteiger partial charge in [-0.15, -0.1) is 0 Å². The molecule has 1 rings (SSSR count). The normalized spacial score (nSPS) is 25.7. The summed E-state index contributed by atoms with van der Waals surface area (Å²) in [4.78, 5) is 1.53. The Morgan fingerprint density at radius 3 is 2.57 bits per heavy atom. The Labute approximate surface area is 82.5 Å². The summed E-state index contributed by atoms with van der Waals surface area (Å²) in [5.41, 5.74) is 0. The van der Waals surface area contributed by atoms with Crippen molar-refractivity contribution < 1.29 is 13.2 Å². The third-order valence-electron chi connectivity index (χ3n) is 2.33. The SMILES string of the molecule is CC(C)CN1CCNCC1C(F)(F)F. The van der Waals surface area contributed by atoms with Gasteiger partial charge in [0.05, 0.1) is 0 Å². The highest BCUT2D eigenvalue weighted by Crippen LogP contribution is 2.26. The summed E-state index contributed by atoms with van der Waals surface area (Å²) < 4.78 is 37.7. The summed E-state index contributed by atoms with van der Waals surface area (Å²) in [6.07, 6.45) is -4.11. The molecule has 84 valence electrons. The van der Waals surface area contributed by atoms with E-state index in [0.29, 0.717) is 19.6 Å². The van der Waals surface area contributed by atoms with E-state index >= 15 is 0 Å². The molecule has 1 N–H and O–H groups in total. The third kappa shape index (κ3) is 3.13. The van der Waals surface area contributed by atoms with E-state index in [9.17, 15) is 13.2 Å². The van der Waals surface area contributed by atoms with Crippen molar-refractivity contribution in [3.8, 4) is 0 Å². The Balaban J connectivity index is 2.59. The maximum absolute atomic E-state index is 12.6. The molecule has 1 atom stereocenters. The molecule has 1 saturated heterocycles. The highest BCUT2D eigenvalue weighted by Gasteiger charge is 2.44. The van der Waals surface area contributed by atoms with Crippen LogP contribution in [0.1, 0.15) is 13.8 Å². The molecule has 1 aliphatic rings. The van der Waals surface area contributed by atoms with Gasteiger partial charge in [-0.25, -0.2) is 0 Å². The Morgan fingerprint density at radius 2 is 2.07 bits per heavy atom. The lowest BCUT2D eigenvalue weighted by molar-refractivity contribution is -0.188. The number of nitrogens with one attached hydrogen (secondary N) is 1. The topological polar surface area (TPSA) is 15.3 Å². The minimum Gasteiger partial charge on any atom is -0.314 e. The van der Waals surface area contributed by atoms with Crippen LogP contribution in [0, 0.1) is 5.92 Å². The fourth-order valence-corrected chi connectivity index (χ4v) is 1.76. The van der Waals surface area contributed by atoms with E-state index in [1.807, 2.05) is 13.8 Å². The van der Waals surface area contributed by atoms with Crippen LogP contribution in [0.2, 0.25) is 0 Å². The highest BCUT2D eigenvalue weighted by molar-refractivity contribution is 4.85. The first-order valence-corrected chi connectivity index (χ1v) is 4.92. The molecule has 0 spiro atoms. The van der Waals surface area contributed by atoms with E-state index in [1.165, 1.54) is 4.90 Å². The molecular formula is C9H17F3N2. The lowest BCUT2D eigenvalue weighted by Crippen LogP contribution is -2.58. The van der Waals surface area contributed by atoms with Crippen LogP contribution in [0.4, 0.5) is 13.2 Å². The molecular weight excluding hydrogens is 193 g/mol. The second-order valence-corrected chi connectivity index (χ2v) is 4.15. The number of alkyl halides is 3. The van der Waals surface area contributed by atoms with Crippen molar-refractivity contribution in [3.05, 3.63) is 0 Å². The number of rotatable bonds is 2. The lowest BCUT2D eigenvalue weighted by atomic mass is 10.1. The fraction of sp³-hybridized carbons (Fsp3) is 1.00. The van der Waals surface area contributed by atoms with E-state index in [4.69, 9.17) is 0 Å². The van der Waals surface area contributed by atoms with Crippen LogP contribution >= 0.6 is 0 Å². The van der Waals surface area contributed by atoms with Gasteiger partial charge in [0, 0.05) is 26.2 Å². The molecule has 0 radical (unpaired) electrons. The quantitative estimate of drug-likeness (QED) is 0.742. The summed E-state index contributed by atoms with van der Waals surface area (Å²) in [6, 6.07) is -1.31. The van der Waals surface area contributed by atoms with Gasteiger partial charge in [0.25, 0.3) is 0 Å². The number of nitrogens with zero attached hydrogens (tertiary/aromatic N) is 1. The van der Waals surface area contributed by atoms with Gasteiger partial charge in [-0.1, -0.05) is 13.8 Å². The molecule has 5 heteroatoms. The minimum absolute atomic E-state index is 0.0240. The summed E-state index contributed by atoms with van der Waals surface area (Å²) in [7, 11) is 0. The molecule has 14 heavy (non-hydrogen) atoms. The molecule has 0 aromatic heterocycles. The summed E-state index contributed by atoms with van der Waals surface area (Å²) in [5, 5.41) is 2.78. The van der Waals surface area contributed by atoms with Crippen molar-refractivity contribution in [2.45, 2.75) is 26.1 Å². The lowest BCUT2D eigenvalue weighted by Gasteiger charge is -2.38. The zero-order valence-corrected chi connectivity index (χ0v) is 8.56. The van der Waals surface area contributed by atoms with Gasteiger partial charge in [-0.2, -0.15) is 13.2 Å². The Morgan fingerprint density at radius 1 is 1.43 bits per heavy atom. The molecule has 0 saturated carbocycles. The molecule has 1 unspecified atom stereocenters. The number of halogens is 3. The van der Waals surface area contributed by atoms with E-state index in [1.54, 1.807) is 0 Å². The van der Waals surface area contributed by atoms with Crippen LogP contribution in [-0.2, 0) is 0 Å². The molecule has 0 aromatic rings. The first-order valence-electron chi connectivity index (χ1n) is 4.92. The Bertz CT molecular complexity index is 179. The summed E-state index contributed by atoms with van der Waals surface area (Å²) >= 11 is 0. The molecule has 0 amide bonds. The van der Waals surface area contributed by atoms with Crippen LogP contribution < -0.4 is 5.32 Å². The predicted molar refractivity (Wildman–Crippen MR) is 49.1 cm³/mol. The van der Waals surface area contributed by atoms with Crippen molar-refractivity contribution in [3.63, 3.8) is 0 Å². The molecule has 1 heterocycles. The second kappa shape index (κ2) is 4.49. The standard InChI is InChI=1S/C9H17F3N2/c1-7(2)6-14-4-3-13-5-8(14)9(10,11)12/h7-8,13H,3-6H2,1-2H3. The molecule has 2 nitrogen and oxygen atoms in total. The van der Waals surface area contributed by atoms with Crippen molar-refractivity contribution in [2.24, 2.45) is 5.92 Å². The summed E-state index contributed by atoms with van der Waals surface area (Å²) in [5.74, 6) is 0.276. The smallest absolute Gasteiger partial charge is 0.314 e. The number of hydrogen-bond acceptors (Lipinski definition) is 2. The minimum atomic E-state index is -4.11. The maximum Gasteiger partial charge on any atom is 0.405 e. The van der Waals surface area contributed by atoms with E-state index < -0.39 is 12.2 Å². The first kappa shape index (κ1) is 11.8. The fourth-order valence-electron chi connectivity index (χ4n) is 1.76. The molecule has 0 aliphatic carbocycles. The van der Waals surface area contributed by atoms with Gasteiger partial charge in [-0.3, -0.25) is 4.90 Å². The van der Waals surface area contributed by atoms with Gasteiger partial charge in [0.1, 0.15) is 6.04 Å². The predicted octanol–water partition coefficient (Wildman–Crippen LogP) is 1.48. The van der Waals surface area contributed by atoms with Gasteiger partial charge in [0.15, 0.2) is 0 Å². The molecule has 0 bridgehead atoms. The average molecular weight is 210 g/mol. The zero-order chi connectivity index (χ0) is 10.8. The van der Waals surface area contributed by atoms with Crippen molar-refractivity contribution in [1.82, 2.24) is 10.2 Å². The molecule has 0 aromatic carbocycles. The largest absolute Gasteiger partial charge is 0.405 e. The van der Waals surface area contributed by atoms with Crippen LogP contribution in [-0.4, -0.2) is 43.3 Å². The van der Waals surface area contributed by atoms with Gasteiger partial charge in [-0.05, 0) is 5.92 Å². The Kier molecular flexibility index (Phi) is 3.78. The molecule has 1 fully saturated rings. The zero-order valence-electron chi connectivity index (χ0n) is 8.56. The van der Waals surface area contributed by atoms with Crippen LogP contribution in [0.3, 0.4) is 0 Å². The van der Waals surface area contributed by atoms with Crippen LogP contribution in [0.15, 0.2) is 0 Å². The average Bonchev–Trinajstić information content (AvgIpc) is 2.01. The number of hydrogen-bond donors (Lipinski definition) is 1. The van der Waals surface area contributed by atoms with Gasteiger partial charge in [0.2, 0.25) is 0 Å².